The fourth-order valence-electron chi connectivity index (χ4n) is 2.36. The fraction of sp³-hybridized carbons (Fsp3) is 0.353. The Balaban J connectivity index is 2.10. The van der Waals surface area contributed by atoms with Crippen molar-refractivity contribution in [1.82, 2.24) is 9.13 Å². The van der Waals surface area contributed by atoms with Crippen LogP contribution in [0.2, 0.25) is 0 Å². The zero-order valence-electron chi connectivity index (χ0n) is 14.7. The Bertz CT molecular complexity index is 868. The van der Waals surface area contributed by atoms with E-state index in [0.717, 1.165) is 28.9 Å². The van der Waals surface area contributed by atoms with Crippen molar-refractivity contribution in [3.05, 3.63) is 56.7 Å². The van der Waals surface area contributed by atoms with Crippen LogP contribution in [0, 0.1) is 0 Å². The molecule has 0 amide bonds. The number of aromatic nitrogens is 2. The minimum atomic E-state index is -0.418. The number of hydrogen-bond acceptors (Lipinski definition) is 5. The molecule has 1 heterocycles. The molecule has 0 radical (unpaired) electrons. The molecule has 0 aliphatic rings. The SMILES string of the molecule is Cn1c(N/N=C\c2ccc(N(CCCl)CCCl)cc2)cc(=O)n(C)c1=O. The van der Waals surface area contributed by atoms with E-state index < -0.39 is 11.2 Å². The average Bonchev–Trinajstić information content (AvgIpc) is 2.64. The maximum Gasteiger partial charge on any atom is 0.332 e. The standard InChI is InChI=1S/C17H21Cl2N5O2/c1-22-15(11-16(25)23(2)17(22)26)21-20-12-13-3-5-14(6-4-13)24(9-7-18)10-8-19/h3-6,11-12,21H,7-10H2,1-2H3/b20-12-. The highest BCUT2D eigenvalue weighted by Gasteiger charge is 2.06. The molecule has 0 atom stereocenters. The molecule has 1 N–H and O–H groups in total. The second kappa shape index (κ2) is 9.45. The van der Waals surface area contributed by atoms with E-state index in [2.05, 4.69) is 15.4 Å². The van der Waals surface area contributed by atoms with Gasteiger partial charge in [0.05, 0.1) is 6.21 Å². The van der Waals surface area contributed by atoms with Gasteiger partial charge < -0.3 is 4.90 Å². The van der Waals surface area contributed by atoms with Crippen molar-refractivity contribution < 1.29 is 0 Å². The molecule has 140 valence electrons. The summed E-state index contributed by atoms with van der Waals surface area (Å²) in [6, 6.07) is 9.08. The van der Waals surface area contributed by atoms with Gasteiger partial charge in [-0.15, -0.1) is 23.2 Å². The first-order valence-corrected chi connectivity index (χ1v) is 9.08. The third-order valence-corrected chi connectivity index (χ3v) is 4.22. The van der Waals surface area contributed by atoms with Gasteiger partial charge in [-0.05, 0) is 17.7 Å². The summed E-state index contributed by atoms with van der Waals surface area (Å²) in [4.78, 5) is 25.7. The van der Waals surface area contributed by atoms with Crippen LogP contribution < -0.4 is 21.6 Å². The molecule has 9 heteroatoms. The second-order valence-electron chi connectivity index (χ2n) is 5.59. The lowest BCUT2D eigenvalue weighted by Gasteiger charge is -2.22. The lowest BCUT2D eigenvalue weighted by molar-refractivity contribution is 0.690. The Kier molecular flexibility index (Phi) is 7.29. The summed E-state index contributed by atoms with van der Waals surface area (Å²) in [5, 5.41) is 4.09. The molecule has 2 aromatic rings. The van der Waals surface area contributed by atoms with Gasteiger partial charge in [-0.1, -0.05) is 12.1 Å². The summed E-state index contributed by atoms with van der Waals surface area (Å²) in [6.45, 7) is 1.44. The van der Waals surface area contributed by atoms with Crippen LogP contribution in [0.25, 0.3) is 0 Å². The predicted octanol–water partition coefficient (Wildman–Crippen LogP) is 1.81. The van der Waals surface area contributed by atoms with Crippen molar-refractivity contribution in [2.75, 3.05) is 35.2 Å². The molecule has 0 aliphatic heterocycles. The molecular weight excluding hydrogens is 377 g/mol. The quantitative estimate of drug-likeness (QED) is 0.418. The maximum absolute atomic E-state index is 11.9. The van der Waals surface area contributed by atoms with Gasteiger partial charge in [-0.25, -0.2) is 4.79 Å². The van der Waals surface area contributed by atoms with Crippen LogP contribution in [-0.2, 0) is 14.1 Å². The highest BCUT2D eigenvalue weighted by molar-refractivity contribution is 6.18. The molecule has 0 fully saturated rings. The van der Waals surface area contributed by atoms with E-state index >= 15 is 0 Å². The first kappa shape index (κ1) is 20.1. The monoisotopic (exact) mass is 397 g/mol. The van der Waals surface area contributed by atoms with Crippen LogP contribution in [0.4, 0.5) is 11.5 Å². The molecule has 0 unspecified atom stereocenters. The Morgan fingerprint density at radius 2 is 1.69 bits per heavy atom. The molecule has 7 nitrogen and oxygen atoms in total. The molecule has 0 spiro atoms. The number of rotatable bonds is 8. The van der Waals surface area contributed by atoms with Gasteiger partial charge in [0.25, 0.3) is 5.56 Å². The number of halogens is 2. The van der Waals surface area contributed by atoms with Crippen LogP contribution >= 0.6 is 23.2 Å². The van der Waals surface area contributed by atoms with Crippen LogP contribution in [0.1, 0.15) is 5.56 Å². The van der Waals surface area contributed by atoms with Crippen molar-refractivity contribution in [1.29, 1.82) is 0 Å². The molecule has 2 rings (SSSR count). The van der Waals surface area contributed by atoms with E-state index in [9.17, 15) is 9.59 Å². The van der Waals surface area contributed by atoms with Gasteiger partial charge in [0, 0.05) is 50.7 Å². The molecule has 26 heavy (non-hydrogen) atoms. The van der Waals surface area contributed by atoms with Crippen molar-refractivity contribution in [3.8, 4) is 0 Å². The molecule has 0 saturated heterocycles. The van der Waals surface area contributed by atoms with E-state index in [1.807, 2.05) is 24.3 Å². The predicted molar refractivity (Wildman–Crippen MR) is 108 cm³/mol. The Hall–Kier alpha value is -2.25. The molecule has 1 aromatic carbocycles. The van der Waals surface area contributed by atoms with Crippen LogP contribution in [0.5, 0.6) is 0 Å². The van der Waals surface area contributed by atoms with Gasteiger partial charge in [0.2, 0.25) is 0 Å². The number of benzene rings is 1. The van der Waals surface area contributed by atoms with E-state index in [1.165, 1.54) is 17.7 Å². The summed E-state index contributed by atoms with van der Waals surface area (Å²) in [6.07, 6.45) is 1.61. The third kappa shape index (κ3) is 4.89. The average molecular weight is 398 g/mol. The van der Waals surface area contributed by atoms with Gasteiger partial charge in [0.15, 0.2) is 0 Å². The normalized spacial score (nSPS) is 11.1. The van der Waals surface area contributed by atoms with Gasteiger partial charge >= 0.3 is 5.69 Å². The topological polar surface area (TPSA) is 71.6 Å². The highest BCUT2D eigenvalue weighted by Crippen LogP contribution is 2.15. The number of hydrogen-bond donors (Lipinski definition) is 1. The summed E-state index contributed by atoms with van der Waals surface area (Å²) >= 11 is 11.6. The largest absolute Gasteiger partial charge is 0.369 e. The summed E-state index contributed by atoms with van der Waals surface area (Å²) in [7, 11) is 2.99. The molecule has 0 saturated carbocycles. The number of nitrogens with zero attached hydrogens (tertiary/aromatic N) is 4. The number of nitrogens with one attached hydrogen (secondary N) is 1. The Morgan fingerprint density at radius 1 is 1.08 bits per heavy atom. The Morgan fingerprint density at radius 3 is 2.27 bits per heavy atom. The second-order valence-corrected chi connectivity index (χ2v) is 6.35. The molecular formula is C17H21Cl2N5O2. The summed E-state index contributed by atoms with van der Waals surface area (Å²) in [5.41, 5.74) is 3.81. The van der Waals surface area contributed by atoms with Gasteiger partial charge in [0.1, 0.15) is 5.82 Å². The highest BCUT2D eigenvalue weighted by atomic mass is 35.5. The maximum atomic E-state index is 11.9. The van der Waals surface area contributed by atoms with E-state index in [1.54, 1.807) is 13.3 Å². The zero-order chi connectivity index (χ0) is 19.1. The third-order valence-electron chi connectivity index (χ3n) is 3.89. The minimum Gasteiger partial charge on any atom is -0.369 e. The van der Waals surface area contributed by atoms with Gasteiger partial charge in [-0.3, -0.25) is 19.4 Å². The fourth-order valence-corrected chi connectivity index (χ4v) is 2.77. The first-order chi connectivity index (χ1) is 12.5. The Labute approximate surface area is 161 Å². The summed E-state index contributed by atoms with van der Waals surface area (Å²) in [5.74, 6) is 1.37. The smallest absolute Gasteiger partial charge is 0.332 e. The summed E-state index contributed by atoms with van der Waals surface area (Å²) < 4.78 is 2.35. The van der Waals surface area contributed by atoms with Crippen LogP contribution in [-0.4, -0.2) is 40.2 Å². The van der Waals surface area contributed by atoms with Crippen molar-refractivity contribution in [3.63, 3.8) is 0 Å². The lowest BCUT2D eigenvalue weighted by atomic mass is 10.2. The van der Waals surface area contributed by atoms with Crippen LogP contribution in [0.15, 0.2) is 45.0 Å². The van der Waals surface area contributed by atoms with Crippen molar-refractivity contribution in [2.24, 2.45) is 19.2 Å². The first-order valence-electron chi connectivity index (χ1n) is 8.01. The van der Waals surface area contributed by atoms with Crippen LogP contribution in [0.3, 0.4) is 0 Å². The van der Waals surface area contributed by atoms with Crippen molar-refractivity contribution in [2.45, 2.75) is 0 Å². The van der Waals surface area contributed by atoms with E-state index in [-0.39, 0.29) is 0 Å². The lowest BCUT2D eigenvalue weighted by Crippen LogP contribution is -2.37. The molecule has 1 aromatic heterocycles. The van der Waals surface area contributed by atoms with E-state index in [0.29, 0.717) is 17.6 Å². The molecule has 0 bridgehead atoms. The zero-order valence-corrected chi connectivity index (χ0v) is 16.2. The van der Waals surface area contributed by atoms with Gasteiger partial charge in [-0.2, -0.15) is 5.10 Å². The number of anilines is 2. The molecule has 0 aliphatic carbocycles. The van der Waals surface area contributed by atoms with E-state index in [4.69, 9.17) is 23.2 Å². The minimum absolute atomic E-state index is 0.321. The number of hydrazone groups is 1. The van der Waals surface area contributed by atoms with Crippen molar-refractivity contribution >= 4 is 40.9 Å². The number of alkyl halides is 2.